The van der Waals surface area contributed by atoms with Crippen molar-refractivity contribution in [1.82, 2.24) is 9.97 Å². The largest absolute Gasteiger partial charge is 0.481 e. The molecule has 0 aliphatic rings. The van der Waals surface area contributed by atoms with Crippen molar-refractivity contribution in [3.63, 3.8) is 0 Å². The fourth-order valence-electron chi connectivity index (χ4n) is 1.57. The maximum Gasteiger partial charge on any atom is 0.218 e. The van der Waals surface area contributed by atoms with Gasteiger partial charge in [0.15, 0.2) is 0 Å². The number of methoxy groups -OCH3 is 1. The van der Waals surface area contributed by atoms with Crippen LogP contribution in [-0.2, 0) is 0 Å². The Morgan fingerprint density at radius 2 is 2.00 bits per heavy atom. The maximum atomic E-state index is 5.44. The van der Waals surface area contributed by atoms with Crippen LogP contribution in [0.5, 0.6) is 5.88 Å². The zero-order valence-corrected chi connectivity index (χ0v) is 10.7. The van der Waals surface area contributed by atoms with Gasteiger partial charge < -0.3 is 15.8 Å². The molecule has 17 heavy (non-hydrogen) atoms. The molecule has 0 fully saturated rings. The van der Waals surface area contributed by atoms with Crippen molar-refractivity contribution < 1.29 is 4.74 Å². The van der Waals surface area contributed by atoms with Crippen LogP contribution in [0.4, 0.5) is 5.82 Å². The van der Waals surface area contributed by atoms with Crippen molar-refractivity contribution >= 4 is 5.82 Å². The van der Waals surface area contributed by atoms with Crippen molar-refractivity contribution in [3.05, 3.63) is 11.9 Å². The van der Waals surface area contributed by atoms with E-state index in [0.29, 0.717) is 5.88 Å². The molecule has 3 N–H and O–H groups in total. The maximum absolute atomic E-state index is 5.44. The van der Waals surface area contributed by atoms with Gasteiger partial charge in [-0.2, -0.15) is 4.98 Å². The summed E-state index contributed by atoms with van der Waals surface area (Å²) in [5.74, 6) is 2.14. The second-order valence-electron chi connectivity index (χ2n) is 3.97. The first kappa shape index (κ1) is 13.7. The van der Waals surface area contributed by atoms with Crippen LogP contribution >= 0.6 is 0 Å². The molecular formula is C12H22N4O. The molecule has 0 aliphatic carbocycles. The van der Waals surface area contributed by atoms with E-state index in [0.717, 1.165) is 37.6 Å². The molecule has 0 atom stereocenters. The Balaban J connectivity index is 2.28. The first-order valence-electron chi connectivity index (χ1n) is 6.10. The van der Waals surface area contributed by atoms with E-state index in [9.17, 15) is 0 Å². The third-order valence-electron chi connectivity index (χ3n) is 2.46. The van der Waals surface area contributed by atoms with E-state index in [1.165, 1.54) is 12.8 Å². The number of hydrogen-bond acceptors (Lipinski definition) is 5. The fraction of sp³-hybridized carbons (Fsp3) is 0.667. The molecule has 0 unspecified atom stereocenters. The highest BCUT2D eigenvalue weighted by Gasteiger charge is 2.00. The zero-order chi connectivity index (χ0) is 12.5. The van der Waals surface area contributed by atoms with Crippen LogP contribution in [0.3, 0.4) is 0 Å². The summed E-state index contributed by atoms with van der Waals surface area (Å²) >= 11 is 0. The quantitative estimate of drug-likeness (QED) is 0.675. The van der Waals surface area contributed by atoms with E-state index in [1.807, 2.05) is 13.0 Å². The lowest BCUT2D eigenvalue weighted by atomic mass is 10.2. The number of nitrogens with zero attached hydrogens (tertiary/aromatic N) is 2. The minimum atomic E-state index is 0.600. The van der Waals surface area contributed by atoms with Crippen LogP contribution in [-0.4, -0.2) is 30.2 Å². The third-order valence-corrected chi connectivity index (χ3v) is 2.46. The van der Waals surface area contributed by atoms with Gasteiger partial charge in [-0.05, 0) is 26.3 Å². The fourth-order valence-corrected chi connectivity index (χ4v) is 1.57. The zero-order valence-electron chi connectivity index (χ0n) is 10.7. The lowest BCUT2D eigenvalue weighted by Gasteiger charge is -2.07. The first-order valence-corrected chi connectivity index (χ1v) is 6.10. The third kappa shape index (κ3) is 5.49. The van der Waals surface area contributed by atoms with E-state index < -0.39 is 0 Å². The smallest absolute Gasteiger partial charge is 0.218 e. The Kier molecular flexibility index (Phi) is 6.32. The molecule has 0 aliphatic heterocycles. The van der Waals surface area contributed by atoms with Crippen LogP contribution in [0.25, 0.3) is 0 Å². The minimum absolute atomic E-state index is 0.600. The molecule has 96 valence electrons. The second kappa shape index (κ2) is 7.84. The van der Waals surface area contributed by atoms with Crippen LogP contribution in [0, 0.1) is 6.92 Å². The molecule has 0 radical (unpaired) electrons. The van der Waals surface area contributed by atoms with Gasteiger partial charge in [-0.1, -0.05) is 12.8 Å². The average molecular weight is 238 g/mol. The Morgan fingerprint density at radius 3 is 2.71 bits per heavy atom. The summed E-state index contributed by atoms with van der Waals surface area (Å²) in [6.07, 6.45) is 4.64. The summed E-state index contributed by atoms with van der Waals surface area (Å²) in [7, 11) is 1.61. The van der Waals surface area contributed by atoms with Crippen molar-refractivity contribution in [2.24, 2.45) is 5.73 Å². The Bertz CT molecular complexity index is 330. The number of ether oxygens (including phenoxy) is 1. The van der Waals surface area contributed by atoms with Crippen LogP contribution < -0.4 is 15.8 Å². The monoisotopic (exact) mass is 238 g/mol. The topological polar surface area (TPSA) is 73.1 Å². The van der Waals surface area contributed by atoms with E-state index >= 15 is 0 Å². The summed E-state index contributed by atoms with van der Waals surface area (Å²) in [6, 6.07) is 1.81. The van der Waals surface area contributed by atoms with Gasteiger partial charge >= 0.3 is 0 Å². The van der Waals surface area contributed by atoms with Gasteiger partial charge in [0.25, 0.3) is 0 Å². The molecule has 1 rings (SSSR count). The molecular weight excluding hydrogens is 216 g/mol. The van der Waals surface area contributed by atoms with E-state index in [1.54, 1.807) is 7.11 Å². The molecule has 1 aromatic heterocycles. The van der Waals surface area contributed by atoms with Gasteiger partial charge in [0.1, 0.15) is 11.6 Å². The Morgan fingerprint density at radius 1 is 1.24 bits per heavy atom. The molecule has 5 heteroatoms. The molecule has 0 amide bonds. The summed E-state index contributed by atoms with van der Waals surface area (Å²) in [6.45, 7) is 3.56. The highest BCUT2D eigenvalue weighted by atomic mass is 16.5. The Hall–Kier alpha value is -1.36. The van der Waals surface area contributed by atoms with E-state index in [4.69, 9.17) is 10.5 Å². The van der Waals surface area contributed by atoms with Crippen LogP contribution in [0.2, 0.25) is 0 Å². The lowest BCUT2D eigenvalue weighted by molar-refractivity contribution is 0.396. The van der Waals surface area contributed by atoms with Crippen molar-refractivity contribution in [2.45, 2.75) is 32.6 Å². The SMILES string of the molecule is COc1cc(NCCCCCCN)nc(C)n1. The standard InChI is InChI=1S/C12H22N4O/c1-10-15-11(9-12(16-10)17-2)14-8-6-4-3-5-7-13/h9H,3-8,13H2,1-2H3,(H,14,15,16). The van der Waals surface area contributed by atoms with Crippen molar-refractivity contribution in [1.29, 1.82) is 0 Å². The normalized spacial score (nSPS) is 10.3. The molecule has 1 heterocycles. The van der Waals surface area contributed by atoms with Crippen molar-refractivity contribution in [2.75, 3.05) is 25.5 Å². The minimum Gasteiger partial charge on any atom is -0.481 e. The van der Waals surface area contributed by atoms with Gasteiger partial charge in [0.2, 0.25) is 5.88 Å². The summed E-state index contributed by atoms with van der Waals surface area (Å²) < 4.78 is 5.09. The molecule has 0 spiro atoms. The predicted molar refractivity (Wildman–Crippen MR) is 69.3 cm³/mol. The molecule has 5 nitrogen and oxygen atoms in total. The molecule has 1 aromatic rings. The Labute approximate surface area is 103 Å². The van der Waals surface area contributed by atoms with Gasteiger partial charge in [-0.25, -0.2) is 4.98 Å². The number of nitrogens with one attached hydrogen (secondary N) is 1. The molecule has 0 saturated carbocycles. The van der Waals surface area contributed by atoms with Gasteiger partial charge in [-0.15, -0.1) is 0 Å². The van der Waals surface area contributed by atoms with Gasteiger partial charge in [0, 0.05) is 12.6 Å². The highest BCUT2D eigenvalue weighted by Crippen LogP contribution is 2.12. The number of anilines is 1. The van der Waals surface area contributed by atoms with Gasteiger partial charge in [-0.3, -0.25) is 0 Å². The number of aryl methyl sites for hydroxylation is 1. The summed E-state index contributed by atoms with van der Waals surface area (Å²) in [4.78, 5) is 8.43. The van der Waals surface area contributed by atoms with E-state index in [2.05, 4.69) is 15.3 Å². The number of hydrogen-bond donors (Lipinski definition) is 2. The van der Waals surface area contributed by atoms with Crippen molar-refractivity contribution in [3.8, 4) is 5.88 Å². The number of nitrogens with two attached hydrogens (primary N) is 1. The molecule has 0 bridgehead atoms. The number of aromatic nitrogens is 2. The van der Waals surface area contributed by atoms with Gasteiger partial charge in [0.05, 0.1) is 7.11 Å². The molecule has 0 aromatic carbocycles. The first-order chi connectivity index (χ1) is 8.26. The van der Waals surface area contributed by atoms with E-state index in [-0.39, 0.29) is 0 Å². The average Bonchev–Trinajstić information content (AvgIpc) is 2.33. The summed E-state index contributed by atoms with van der Waals surface area (Å²) in [5.41, 5.74) is 5.44. The predicted octanol–water partition coefficient (Wildman–Crippen LogP) is 1.72. The highest BCUT2D eigenvalue weighted by molar-refractivity contribution is 5.38. The molecule has 0 saturated heterocycles. The summed E-state index contributed by atoms with van der Waals surface area (Å²) in [5, 5.41) is 3.27. The lowest BCUT2D eigenvalue weighted by Crippen LogP contribution is -2.06. The van der Waals surface area contributed by atoms with Crippen LogP contribution in [0.15, 0.2) is 6.07 Å². The second-order valence-corrected chi connectivity index (χ2v) is 3.97. The van der Waals surface area contributed by atoms with Crippen LogP contribution in [0.1, 0.15) is 31.5 Å². The number of rotatable bonds is 8. The number of unbranched alkanes of at least 4 members (excludes halogenated alkanes) is 3.